The summed E-state index contributed by atoms with van der Waals surface area (Å²) in [7, 11) is 1.70. The first kappa shape index (κ1) is 12.5. The summed E-state index contributed by atoms with van der Waals surface area (Å²) in [6.45, 7) is 7.89. The van der Waals surface area contributed by atoms with Crippen molar-refractivity contribution in [2.24, 2.45) is 5.41 Å². The quantitative estimate of drug-likeness (QED) is 0.718. The molecule has 15 heavy (non-hydrogen) atoms. The first-order chi connectivity index (χ1) is 6.94. The molecule has 1 atom stereocenters. The van der Waals surface area contributed by atoms with E-state index >= 15 is 0 Å². The van der Waals surface area contributed by atoms with E-state index in [1.54, 1.807) is 7.11 Å². The van der Waals surface area contributed by atoms with Crippen molar-refractivity contribution in [3.63, 3.8) is 0 Å². The molecule has 0 N–H and O–H groups in total. The van der Waals surface area contributed by atoms with Gasteiger partial charge in [0, 0.05) is 20.1 Å². The highest BCUT2D eigenvalue weighted by molar-refractivity contribution is 5.77. The second-order valence-electron chi connectivity index (χ2n) is 5.58. The molecular weight excluding hydrogens is 190 g/mol. The maximum atomic E-state index is 12.0. The van der Waals surface area contributed by atoms with Gasteiger partial charge in [-0.2, -0.15) is 0 Å². The fourth-order valence-corrected chi connectivity index (χ4v) is 2.08. The summed E-state index contributed by atoms with van der Waals surface area (Å²) in [6, 6.07) is 0.310. The molecule has 1 rings (SSSR count). The Kier molecular flexibility index (Phi) is 4.14. The highest BCUT2D eigenvalue weighted by Gasteiger charge is 2.30. The molecule has 0 aromatic carbocycles. The Bertz CT molecular complexity index is 220. The van der Waals surface area contributed by atoms with Crippen molar-refractivity contribution < 1.29 is 9.53 Å². The van der Waals surface area contributed by atoms with Crippen LogP contribution >= 0.6 is 0 Å². The molecule has 88 valence electrons. The van der Waals surface area contributed by atoms with Gasteiger partial charge in [-0.15, -0.1) is 0 Å². The van der Waals surface area contributed by atoms with Gasteiger partial charge in [0.05, 0.1) is 12.6 Å². The summed E-state index contributed by atoms with van der Waals surface area (Å²) in [6.07, 6.45) is 2.83. The van der Waals surface area contributed by atoms with Gasteiger partial charge >= 0.3 is 0 Å². The standard InChI is InChI=1S/C12H23NO2/c1-12(2,3)8-11(14)13-7-5-6-10(13)9-15-4/h10H,5-9H2,1-4H3/t10-/m0/s1. The fraction of sp³-hybridized carbons (Fsp3) is 0.917. The van der Waals surface area contributed by atoms with E-state index in [1.807, 2.05) is 4.90 Å². The van der Waals surface area contributed by atoms with Gasteiger partial charge in [0.25, 0.3) is 0 Å². The van der Waals surface area contributed by atoms with Crippen LogP contribution in [0.25, 0.3) is 0 Å². The van der Waals surface area contributed by atoms with Gasteiger partial charge in [-0.05, 0) is 18.3 Å². The molecule has 1 fully saturated rings. The molecule has 0 aromatic rings. The largest absolute Gasteiger partial charge is 0.383 e. The van der Waals surface area contributed by atoms with E-state index in [1.165, 1.54) is 0 Å². The van der Waals surface area contributed by atoms with Gasteiger partial charge in [0.1, 0.15) is 0 Å². The number of hydrogen-bond acceptors (Lipinski definition) is 2. The first-order valence-corrected chi connectivity index (χ1v) is 5.72. The lowest BCUT2D eigenvalue weighted by atomic mass is 9.91. The minimum absolute atomic E-state index is 0.0806. The third-order valence-corrected chi connectivity index (χ3v) is 2.74. The van der Waals surface area contributed by atoms with E-state index in [-0.39, 0.29) is 11.3 Å². The topological polar surface area (TPSA) is 29.5 Å². The van der Waals surface area contributed by atoms with Crippen LogP contribution in [0.4, 0.5) is 0 Å². The summed E-state index contributed by atoms with van der Waals surface area (Å²) in [4.78, 5) is 14.0. The number of hydrogen-bond donors (Lipinski definition) is 0. The van der Waals surface area contributed by atoms with Gasteiger partial charge < -0.3 is 9.64 Å². The third-order valence-electron chi connectivity index (χ3n) is 2.74. The molecule has 1 saturated heterocycles. The van der Waals surface area contributed by atoms with E-state index < -0.39 is 0 Å². The number of amides is 1. The molecule has 0 spiro atoms. The Hall–Kier alpha value is -0.570. The molecule has 0 aliphatic carbocycles. The van der Waals surface area contributed by atoms with Crippen molar-refractivity contribution >= 4 is 5.91 Å². The summed E-state index contributed by atoms with van der Waals surface area (Å²) in [5, 5.41) is 0. The zero-order chi connectivity index (χ0) is 11.5. The number of likely N-dealkylation sites (tertiary alicyclic amines) is 1. The Balaban J connectivity index is 2.51. The summed E-state index contributed by atoms with van der Waals surface area (Å²) < 4.78 is 5.14. The maximum Gasteiger partial charge on any atom is 0.223 e. The zero-order valence-corrected chi connectivity index (χ0v) is 10.4. The lowest BCUT2D eigenvalue weighted by Gasteiger charge is -2.27. The second kappa shape index (κ2) is 4.97. The SMILES string of the molecule is COC[C@@H]1CCCN1C(=O)CC(C)(C)C. The molecular formula is C12H23NO2. The van der Waals surface area contributed by atoms with Crippen LogP contribution in [-0.4, -0.2) is 37.1 Å². The van der Waals surface area contributed by atoms with Gasteiger partial charge in [0.2, 0.25) is 5.91 Å². The molecule has 0 radical (unpaired) electrons. The predicted octanol–water partition coefficient (Wildman–Crippen LogP) is 2.06. The van der Waals surface area contributed by atoms with Crippen molar-refractivity contribution in [1.82, 2.24) is 4.90 Å². The minimum atomic E-state index is 0.0806. The van der Waals surface area contributed by atoms with Crippen LogP contribution in [0.3, 0.4) is 0 Å². The van der Waals surface area contributed by atoms with Gasteiger partial charge in [-0.1, -0.05) is 20.8 Å². The number of carbonyl (C=O) groups is 1. The van der Waals surface area contributed by atoms with E-state index in [2.05, 4.69) is 20.8 Å². The Labute approximate surface area is 92.8 Å². The average molecular weight is 213 g/mol. The van der Waals surface area contributed by atoms with Crippen LogP contribution < -0.4 is 0 Å². The van der Waals surface area contributed by atoms with Gasteiger partial charge in [-0.25, -0.2) is 0 Å². The first-order valence-electron chi connectivity index (χ1n) is 5.72. The third kappa shape index (κ3) is 3.82. The summed E-state index contributed by atoms with van der Waals surface area (Å²) in [5.41, 5.74) is 0.0806. The molecule has 0 bridgehead atoms. The molecule has 1 amide bonds. The van der Waals surface area contributed by atoms with Crippen LogP contribution in [0.15, 0.2) is 0 Å². The number of methoxy groups -OCH3 is 1. The Morgan fingerprint density at radius 1 is 1.47 bits per heavy atom. The lowest BCUT2D eigenvalue weighted by molar-refractivity contribution is -0.134. The molecule has 3 nitrogen and oxygen atoms in total. The van der Waals surface area contributed by atoms with E-state index in [0.717, 1.165) is 19.4 Å². The van der Waals surface area contributed by atoms with Crippen LogP contribution in [0.1, 0.15) is 40.0 Å². The van der Waals surface area contributed by atoms with Crippen molar-refractivity contribution in [2.75, 3.05) is 20.3 Å². The molecule has 1 aliphatic heterocycles. The second-order valence-corrected chi connectivity index (χ2v) is 5.58. The van der Waals surface area contributed by atoms with E-state index in [0.29, 0.717) is 19.1 Å². The molecule has 3 heteroatoms. The molecule has 0 saturated carbocycles. The smallest absolute Gasteiger partial charge is 0.223 e. The van der Waals surface area contributed by atoms with Crippen molar-refractivity contribution in [3.8, 4) is 0 Å². The van der Waals surface area contributed by atoms with Gasteiger partial charge in [-0.3, -0.25) is 4.79 Å². The Morgan fingerprint density at radius 2 is 2.13 bits per heavy atom. The van der Waals surface area contributed by atoms with Crippen LogP contribution in [0.2, 0.25) is 0 Å². The monoisotopic (exact) mass is 213 g/mol. The molecule has 0 unspecified atom stereocenters. The lowest BCUT2D eigenvalue weighted by Crippen LogP contribution is -2.39. The van der Waals surface area contributed by atoms with Crippen molar-refractivity contribution in [2.45, 2.75) is 46.1 Å². The Morgan fingerprint density at radius 3 is 2.67 bits per heavy atom. The van der Waals surface area contributed by atoms with E-state index in [9.17, 15) is 4.79 Å². The molecule has 1 heterocycles. The molecule has 1 aliphatic rings. The van der Waals surface area contributed by atoms with E-state index in [4.69, 9.17) is 4.74 Å². The summed E-state index contributed by atoms with van der Waals surface area (Å²) >= 11 is 0. The number of nitrogens with zero attached hydrogens (tertiary/aromatic N) is 1. The number of rotatable bonds is 3. The van der Waals surface area contributed by atoms with Crippen LogP contribution in [-0.2, 0) is 9.53 Å². The number of carbonyl (C=O) groups excluding carboxylic acids is 1. The van der Waals surface area contributed by atoms with Crippen LogP contribution in [0, 0.1) is 5.41 Å². The minimum Gasteiger partial charge on any atom is -0.383 e. The normalized spacial score (nSPS) is 22.1. The molecule has 0 aromatic heterocycles. The zero-order valence-electron chi connectivity index (χ0n) is 10.4. The highest BCUT2D eigenvalue weighted by Crippen LogP contribution is 2.24. The highest BCUT2D eigenvalue weighted by atomic mass is 16.5. The average Bonchev–Trinajstić information content (AvgIpc) is 2.49. The van der Waals surface area contributed by atoms with Crippen molar-refractivity contribution in [1.29, 1.82) is 0 Å². The van der Waals surface area contributed by atoms with Crippen LogP contribution in [0.5, 0.6) is 0 Å². The maximum absolute atomic E-state index is 12.0. The fourth-order valence-electron chi connectivity index (χ4n) is 2.08. The number of ether oxygens (including phenoxy) is 1. The van der Waals surface area contributed by atoms with Gasteiger partial charge in [0.15, 0.2) is 0 Å². The predicted molar refractivity (Wildman–Crippen MR) is 60.7 cm³/mol. The summed E-state index contributed by atoms with van der Waals surface area (Å²) in [5.74, 6) is 0.280. The van der Waals surface area contributed by atoms with Crippen molar-refractivity contribution in [3.05, 3.63) is 0 Å².